The molecule has 1 unspecified atom stereocenters. The van der Waals surface area contributed by atoms with E-state index in [1.165, 1.54) is 17.4 Å². The Morgan fingerprint density at radius 2 is 1.85 bits per heavy atom. The highest BCUT2D eigenvalue weighted by molar-refractivity contribution is 7.09. The zero-order chi connectivity index (χ0) is 25.6. The maximum atomic E-state index is 15.1. The van der Waals surface area contributed by atoms with E-state index in [1.807, 2.05) is 13.8 Å². The van der Waals surface area contributed by atoms with Crippen LogP contribution in [0.2, 0.25) is 0 Å². The molecule has 2 N–H and O–H groups in total. The number of hydrogen-bond acceptors (Lipinski definition) is 7. The van der Waals surface area contributed by atoms with Gasteiger partial charge in [0.25, 0.3) is 0 Å². The summed E-state index contributed by atoms with van der Waals surface area (Å²) in [5.41, 5.74) is -0.795. The highest BCUT2D eigenvalue weighted by Gasteiger charge is 2.42. The van der Waals surface area contributed by atoms with Crippen LogP contribution >= 0.6 is 11.3 Å². The van der Waals surface area contributed by atoms with Crippen LogP contribution < -0.4 is 0 Å². The van der Waals surface area contributed by atoms with Crippen molar-refractivity contribution in [1.29, 1.82) is 0 Å². The number of Topliss-reactive ketones (excluding diaryl/α,β-unsaturated/α-hetero) is 1. The van der Waals surface area contributed by atoms with Crippen molar-refractivity contribution in [1.82, 2.24) is 4.98 Å². The quantitative estimate of drug-likeness (QED) is 0.542. The molecule has 1 aliphatic rings. The fourth-order valence-electron chi connectivity index (χ4n) is 4.49. The molecule has 1 saturated heterocycles. The van der Waals surface area contributed by atoms with Crippen molar-refractivity contribution in [2.75, 3.05) is 0 Å². The molecule has 0 aliphatic carbocycles. The molecule has 192 valence electrons. The summed E-state index contributed by atoms with van der Waals surface area (Å²) in [6, 6.07) is 0. The van der Waals surface area contributed by atoms with Gasteiger partial charge in [-0.05, 0) is 44.1 Å². The summed E-state index contributed by atoms with van der Waals surface area (Å²) in [5.74, 6) is -2.15. The fourth-order valence-corrected chi connectivity index (χ4v) is 5.06. The number of ether oxygens (including phenoxy) is 1. The Hall–Kier alpha value is -1.64. The highest BCUT2D eigenvalue weighted by atomic mass is 32.1. The smallest absolute Gasteiger partial charge is 0.309 e. The lowest BCUT2D eigenvalue weighted by molar-refractivity contribution is -0.155. The Morgan fingerprint density at radius 3 is 2.47 bits per heavy atom. The van der Waals surface area contributed by atoms with Crippen LogP contribution in [0.25, 0.3) is 6.08 Å². The van der Waals surface area contributed by atoms with Crippen molar-refractivity contribution < 1.29 is 28.9 Å². The van der Waals surface area contributed by atoms with Crippen molar-refractivity contribution in [2.45, 2.75) is 98.4 Å². The van der Waals surface area contributed by atoms with Crippen molar-refractivity contribution in [2.24, 2.45) is 23.2 Å². The Labute approximate surface area is 206 Å². The van der Waals surface area contributed by atoms with Crippen LogP contribution in [0.15, 0.2) is 11.2 Å². The molecule has 0 amide bonds. The zero-order valence-corrected chi connectivity index (χ0v) is 22.0. The maximum Gasteiger partial charge on any atom is 0.309 e. The maximum absolute atomic E-state index is 15.1. The minimum Gasteiger partial charge on any atom is -0.455 e. The van der Waals surface area contributed by atoms with E-state index in [9.17, 15) is 19.8 Å². The predicted molar refractivity (Wildman–Crippen MR) is 132 cm³/mol. The molecule has 1 fully saturated rings. The third-order valence-corrected chi connectivity index (χ3v) is 7.91. The summed E-state index contributed by atoms with van der Waals surface area (Å²) >= 11 is 1.41. The molecule has 1 aromatic rings. The van der Waals surface area contributed by atoms with E-state index in [-0.39, 0.29) is 17.6 Å². The van der Waals surface area contributed by atoms with E-state index < -0.39 is 47.9 Å². The van der Waals surface area contributed by atoms with E-state index in [1.54, 1.807) is 26.2 Å². The highest BCUT2D eigenvalue weighted by Crippen LogP contribution is 2.33. The molecule has 34 heavy (non-hydrogen) atoms. The van der Waals surface area contributed by atoms with Crippen molar-refractivity contribution in [3.63, 3.8) is 0 Å². The largest absolute Gasteiger partial charge is 0.455 e. The summed E-state index contributed by atoms with van der Waals surface area (Å²) in [6.07, 6.45) is 1.13. The molecule has 2 rings (SSSR count). The Morgan fingerprint density at radius 1 is 1.18 bits per heavy atom. The number of cyclic esters (lactones) is 1. The molecule has 0 saturated carbocycles. The summed E-state index contributed by atoms with van der Waals surface area (Å²) < 4.78 is 20.6. The predicted octanol–water partition coefficient (Wildman–Crippen LogP) is 5.25. The molecule has 0 aromatic carbocycles. The standard InChI is InChI=1S/C26H40FNO5S/c1-15-8-7-9-16(2)24(31)17(3)25(32)26(5,6)22(29)13-23(30)33-21(11-10-15)20(27)12-19-14-34-18(4)28-19/h12,14-17,21-22,24,29,31H,7-11,13H2,1-6H3/t15?,16-,17+,21-,22-,24-/m0/s1. The first-order chi connectivity index (χ1) is 15.8. The molecule has 6 nitrogen and oxygen atoms in total. The van der Waals surface area contributed by atoms with Gasteiger partial charge >= 0.3 is 5.97 Å². The number of thiazole rings is 1. The molecule has 8 heteroatoms. The monoisotopic (exact) mass is 497 g/mol. The Bertz CT molecular complexity index is 867. The number of aryl methyl sites for hydroxylation is 1. The van der Waals surface area contributed by atoms with Gasteiger partial charge in [-0.25, -0.2) is 9.37 Å². The summed E-state index contributed by atoms with van der Waals surface area (Å²) in [7, 11) is 0. The molecular formula is C26H40FNO5S. The summed E-state index contributed by atoms with van der Waals surface area (Å²) in [6.45, 7) is 10.6. The first kappa shape index (κ1) is 28.6. The van der Waals surface area contributed by atoms with Crippen LogP contribution in [-0.2, 0) is 14.3 Å². The van der Waals surface area contributed by atoms with Crippen molar-refractivity contribution >= 4 is 29.2 Å². The van der Waals surface area contributed by atoms with Gasteiger partial charge in [0, 0.05) is 11.3 Å². The lowest BCUT2D eigenvalue weighted by Crippen LogP contribution is -2.45. The van der Waals surface area contributed by atoms with Gasteiger partial charge in [-0.15, -0.1) is 11.3 Å². The number of aliphatic hydroxyl groups excluding tert-OH is 2. The van der Waals surface area contributed by atoms with E-state index in [0.29, 0.717) is 18.5 Å². The SMILES string of the molecule is Cc1nc(C=C(F)[C@@H]2CCC(C)CCC[C@H](C)[C@H](O)[C@@H](C)C(=O)C(C)(C)[C@@H](O)CC(=O)O2)cs1. The Kier molecular flexibility index (Phi) is 10.4. The van der Waals surface area contributed by atoms with Crippen molar-refractivity contribution in [3.05, 3.63) is 21.9 Å². The van der Waals surface area contributed by atoms with E-state index in [2.05, 4.69) is 11.9 Å². The topological polar surface area (TPSA) is 96.7 Å². The third kappa shape index (κ3) is 7.68. The van der Waals surface area contributed by atoms with Crippen LogP contribution in [0.3, 0.4) is 0 Å². The average Bonchev–Trinajstić information content (AvgIpc) is 3.18. The number of ketones is 1. The lowest BCUT2D eigenvalue weighted by Gasteiger charge is -2.34. The second-order valence-corrected chi connectivity index (χ2v) is 11.5. The van der Waals surface area contributed by atoms with Gasteiger partial charge in [0.05, 0.1) is 34.7 Å². The third-order valence-electron chi connectivity index (χ3n) is 7.12. The van der Waals surface area contributed by atoms with Gasteiger partial charge in [0.1, 0.15) is 11.6 Å². The summed E-state index contributed by atoms with van der Waals surface area (Å²) in [5, 5.41) is 24.0. The molecule has 0 radical (unpaired) electrons. The molecule has 1 aromatic heterocycles. The van der Waals surface area contributed by atoms with E-state index in [0.717, 1.165) is 24.3 Å². The fraction of sp³-hybridized carbons (Fsp3) is 0.731. The number of aliphatic hydroxyl groups is 2. The van der Waals surface area contributed by atoms with Crippen LogP contribution in [0, 0.1) is 30.1 Å². The van der Waals surface area contributed by atoms with Gasteiger partial charge in [0.15, 0.2) is 6.10 Å². The molecule has 1 aliphatic heterocycles. The van der Waals surface area contributed by atoms with E-state index >= 15 is 4.39 Å². The number of rotatable bonds is 2. The van der Waals surface area contributed by atoms with Gasteiger partial charge in [-0.2, -0.15) is 0 Å². The van der Waals surface area contributed by atoms with Crippen LogP contribution in [0.4, 0.5) is 4.39 Å². The number of aromatic nitrogens is 1. The van der Waals surface area contributed by atoms with Gasteiger partial charge < -0.3 is 14.9 Å². The normalized spacial score (nSPS) is 32.9. The number of carbonyl (C=O) groups excluding carboxylic acids is 2. The molecule has 2 heterocycles. The Balaban J connectivity index is 2.27. The van der Waals surface area contributed by atoms with Crippen LogP contribution in [0.5, 0.6) is 0 Å². The minimum absolute atomic E-state index is 0.0772. The zero-order valence-electron chi connectivity index (χ0n) is 21.2. The molecule has 6 atom stereocenters. The number of halogens is 1. The van der Waals surface area contributed by atoms with Gasteiger partial charge in [0.2, 0.25) is 0 Å². The minimum atomic E-state index is -1.32. The van der Waals surface area contributed by atoms with Gasteiger partial charge in [-0.3, -0.25) is 9.59 Å². The number of esters is 1. The van der Waals surface area contributed by atoms with E-state index in [4.69, 9.17) is 4.74 Å². The molecule has 0 bridgehead atoms. The average molecular weight is 498 g/mol. The first-order valence-corrected chi connectivity index (χ1v) is 13.1. The molecular weight excluding hydrogens is 457 g/mol. The van der Waals surface area contributed by atoms with Crippen LogP contribution in [0.1, 0.15) is 83.8 Å². The summed E-state index contributed by atoms with van der Waals surface area (Å²) in [4.78, 5) is 30.0. The molecule has 0 spiro atoms. The second-order valence-electron chi connectivity index (χ2n) is 10.5. The van der Waals surface area contributed by atoms with Gasteiger partial charge in [-0.1, -0.05) is 47.5 Å². The number of carbonyl (C=O) groups is 2. The van der Waals surface area contributed by atoms with Crippen LogP contribution in [-0.4, -0.2) is 45.3 Å². The number of nitrogens with zero attached hydrogens (tertiary/aromatic N) is 1. The van der Waals surface area contributed by atoms with Crippen molar-refractivity contribution in [3.8, 4) is 0 Å². The number of hydrogen-bond donors (Lipinski definition) is 2. The first-order valence-electron chi connectivity index (χ1n) is 12.2. The lowest BCUT2D eigenvalue weighted by atomic mass is 9.73. The second kappa shape index (κ2) is 12.4.